The maximum atomic E-state index is 14.4. The number of benzene rings is 1. The molecule has 1 amide bonds. The Morgan fingerprint density at radius 1 is 1.26 bits per heavy atom. The molecule has 1 unspecified atom stereocenters. The first-order chi connectivity index (χ1) is 18.2. The van der Waals surface area contributed by atoms with Crippen molar-refractivity contribution in [3.8, 4) is 0 Å². The van der Waals surface area contributed by atoms with Crippen LogP contribution in [-0.2, 0) is 11.2 Å². The molecule has 0 aromatic heterocycles. The molecular weight excluding hydrogens is 704 g/mol. The van der Waals surface area contributed by atoms with Crippen LogP contribution in [0.1, 0.15) is 55.7 Å². The van der Waals surface area contributed by atoms with Gasteiger partial charge < -0.3 is 0 Å². The molecule has 1 radical (unpaired) electrons. The summed E-state index contributed by atoms with van der Waals surface area (Å²) in [5.41, 5.74) is 11.7. The van der Waals surface area contributed by atoms with Gasteiger partial charge in [0.25, 0.3) is 0 Å². The third-order valence-corrected chi connectivity index (χ3v) is 10.2. The van der Waals surface area contributed by atoms with Gasteiger partial charge in [-0.3, -0.25) is 0 Å². The van der Waals surface area contributed by atoms with Crippen molar-refractivity contribution in [3.63, 3.8) is 0 Å². The Hall–Kier alpha value is -1.18. The summed E-state index contributed by atoms with van der Waals surface area (Å²) in [5, 5.41) is 10.2. The first-order valence-corrected chi connectivity index (χ1v) is 16.2. The van der Waals surface area contributed by atoms with Crippen molar-refractivity contribution in [1.29, 1.82) is 0 Å². The van der Waals surface area contributed by atoms with Gasteiger partial charge in [0.2, 0.25) is 0 Å². The number of nitrogens with two attached hydrogens (primary N) is 1. The average Bonchev–Trinajstić information content (AvgIpc) is 2.90. The number of anilines is 1. The Kier molecular flexibility index (Phi) is 10.5. The predicted octanol–water partition coefficient (Wildman–Crippen LogP) is 2.80. The molecule has 0 spiro atoms. The SMILES string of the molecule is CN/C=C(/c1cc2c(cc1C(F)F)N([C](=[In])C1=C(NC3CCNCC3)CCN(C(C)=O)C1)CCC2)C(N)I. The van der Waals surface area contributed by atoms with Crippen LogP contribution >= 0.6 is 22.6 Å². The van der Waals surface area contributed by atoms with E-state index in [9.17, 15) is 13.6 Å². The Morgan fingerprint density at radius 3 is 2.63 bits per heavy atom. The van der Waals surface area contributed by atoms with Crippen molar-refractivity contribution in [1.82, 2.24) is 20.9 Å². The van der Waals surface area contributed by atoms with Crippen molar-refractivity contribution in [2.75, 3.05) is 44.7 Å². The summed E-state index contributed by atoms with van der Waals surface area (Å²) < 4.78 is 29.6. The van der Waals surface area contributed by atoms with Crippen LogP contribution in [0.25, 0.3) is 5.57 Å². The van der Waals surface area contributed by atoms with E-state index in [4.69, 9.17) is 5.73 Å². The second-order valence-electron chi connectivity index (χ2n) is 10.1. The van der Waals surface area contributed by atoms with Gasteiger partial charge in [0.1, 0.15) is 0 Å². The molecule has 0 saturated carbocycles. The summed E-state index contributed by atoms with van der Waals surface area (Å²) >= 11 is 2.89. The van der Waals surface area contributed by atoms with E-state index in [1.807, 2.05) is 11.0 Å². The summed E-state index contributed by atoms with van der Waals surface area (Å²) in [6, 6.07) is 4.01. The number of piperidine rings is 1. The van der Waals surface area contributed by atoms with E-state index in [1.165, 1.54) is 5.70 Å². The Bertz CT molecular complexity index is 1120. The van der Waals surface area contributed by atoms with Gasteiger partial charge in [0, 0.05) is 0 Å². The second-order valence-corrected chi connectivity index (χ2v) is 13.0. The molecule has 3 aliphatic rings. The van der Waals surface area contributed by atoms with E-state index in [0.717, 1.165) is 95.8 Å². The number of nitrogens with one attached hydrogen (secondary N) is 3. The van der Waals surface area contributed by atoms with Gasteiger partial charge >= 0.3 is 254 Å². The topological polar surface area (TPSA) is 85.7 Å². The summed E-state index contributed by atoms with van der Waals surface area (Å²) in [6.45, 7) is 5.66. The first kappa shape index (κ1) is 29.8. The number of aryl methyl sites for hydroxylation is 1. The van der Waals surface area contributed by atoms with Crippen LogP contribution in [0.15, 0.2) is 29.6 Å². The summed E-state index contributed by atoms with van der Waals surface area (Å²) in [7, 11) is 1.75. The molecule has 3 heterocycles. The Morgan fingerprint density at radius 2 is 2.00 bits per heavy atom. The molecule has 5 N–H and O–H groups in total. The molecule has 1 fully saturated rings. The molecular formula is C27H37F2IInN6O. The number of alkyl halides is 3. The predicted molar refractivity (Wildman–Crippen MR) is 160 cm³/mol. The molecule has 11 heteroatoms. The van der Waals surface area contributed by atoms with E-state index in [0.29, 0.717) is 30.3 Å². The van der Waals surface area contributed by atoms with Crippen LogP contribution in [0.2, 0.25) is 0 Å². The molecule has 38 heavy (non-hydrogen) atoms. The molecule has 7 nitrogen and oxygen atoms in total. The number of nitrogens with zero attached hydrogens (tertiary/aromatic N) is 2. The van der Waals surface area contributed by atoms with Gasteiger partial charge in [-0.05, 0) is 0 Å². The van der Waals surface area contributed by atoms with Crippen LogP contribution in [0, 0.1) is 0 Å². The van der Waals surface area contributed by atoms with Crippen LogP contribution in [0.5, 0.6) is 0 Å². The number of rotatable bonds is 8. The molecule has 0 aliphatic carbocycles. The van der Waals surface area contributed by atoms with E-state index in [-0.39, 0.29) is 11.5 Å². The zero-order valence-corrected chi connectivity index (χ0v) is 27.6. The molecule has 1 atom stereocenters. The maximum absolute atomic E-state index is 14.4. The monoisotopic (exact) mass is 741 g/mol. The fourth-order valence-electron chi connectivity index (χ4n) is 5.59. The molecule has 205 valence electrons. The summed E-state index contributed by atoms with van der Waals surface area (Å²) in [4.78, 5) is 16.5. The minimum absolute atomic E-state index is 0.00806. The second kappa shape index (κ2) is 13.5. The zero-order valence-electron chi connectivity index (χ0n) is 22.1. The van der Waals surface area contributed by atoms with E-state index >= 15 is 0 Å². The van der Waals surface area contributed by atoms with Crippen LogP contribution in [0.4, 0.5) is 14.5 Å². The van der Waals surface area contributed by atoms with E-state index < -0.39 is 10.5 Å². The van der Waals surface area contributed by atoms with E-state index in [1.54, 1.807) is 26.2 Å². The van der Waals surface area contributed by atoms with Crippen molar-refractivity contribution in [2.24, 2.45) is 5.73 Å². The fourth-order valence-corrected chi connectivity index (χ4v) is 7.63. The van der Waals surface area contributed by atoms with Gasteiger partial charge in [-0.2, -0.15) is 0 Å². The van der Waals surface area contributed by atoms with Crippen molar-refractivity contribution in [3.05, 3.63) is 46.3 Å². The molecule has 0 bridgehead atoms. The number of carbonyl (C=O) groups excluding carboxylic acids is 1. The van der Waals surface area contributed by atoms with Crippen molar-refractivity contribution >= 4 is 67.0 Å². The number of amides is 1. The van der Waals surface area contributed by atoms with Gasteiger partial charge in [0.15, 0.2) is 0 Å². The van der Waals surface area contributed by atoms with E-state index in [2.05, 4.69) is 43.4 Å². The average molecular weight is 741 g/mol. The van der Waals surface area contributed by atoms with Crippen LogP contribution < -0.4 is 26.6 Å². The Labute approximate surface area is 252 Å². The molecule has 1 saturated heterocycles. The molecule has 3 aliphatic heterocycles. The van der Waals surface area contributed by atoms with Crippen LogP contribution in [0.3, 0.4) is 0 Å². The number of hydrogen-bond donors (Lipinski definition) is 4. The fraction of sp³-hybridized carbons (Fsp3) is 0.556. The number of carbonyl (C=O) groups is 1. The zero-order chi connectivity index (χ0) is 27.4. The normalized spacial score (nSPS) is 19.9. The number of halogens is 3. The summed E-state index contributed by atoms with van der Waals surface area (Å²) in [6.07, 6.45) is 3.79. The van der Waals surface area contributed by atoms with Gasteiger partial charge in [0.05, 0.1) is 0 Å². The van der Waals surface area contributed by atoms with Gasteiger partial charge in [-0.15, -0.1) is 0 Å². The Balaban J connectivity index is 1.74. The van der Waals surface area contributed by atoms with Gasteiger partial charge in [-0.25, -0.2) is 0 Å². The summed E-state index contributed by atoms with van der Waals surface area (Å²) in [5.74, 6) is 0.0690. The third kappa shape index (κ3) is 6.75. The molecule has 1 aromatic carbocycles. The number of hydrogen-bond acceptors (Lipinski definition) is 6. The van der Waals surface area contributed by atoms with Crippen molar-refractivity contribution < 1.29 is 13.6 Å². The first-order valence-electron chi connectivity index (χ1n) is 13.3. The minimum atomic E-state index is -2.62. The number of fused-ring (bicyclic) bond motifs is 1. The quantitative estimate of drug-likeness (QED) is 0.187. The molecule has 1 aromatic rings. The third-order valence-electron chi connectivity index (χ3n) is 7.62. The van der Waals surface area contributed by atoms with Gasteiger partial charge in [-0.1, -0.05) is 0 Å². The standard InChI is InChI=1S/C27H37F2IN6O.In/c1-17(37)35-11-7-24(34-20-5-8-33-9-6-20)19(15-35)16-36-10-3-4-18-12-21(23(14-32-2)27(30)31)22(26(28)29)13-25(18)36;/h12-14,20,26-27,32-34H,3-11,15,31H2,1-2H3;/b23-14-;. The van der Waals surface area contributed by atoms with Crippen molar-refractivity contribution in [2.45, 2.75) is 55.5 Å². The van der Waals surface area contributed by atoms with Crippen LogP contribution in [-0.4, -0.2) is 87.9 Å². The molecule has 4 rings (SSSR count).